The molecule has 0 aromatic carbocycles. The molecule has 0 bridgehead atoms. The molecule has 0 aromatic heterocycles. The minimum atomic E-state index is -5.17. The fourth-order valence-electron chi connectivity index (χ4n) is 0. The van der Waals surface area contributed by atoms with Crippen LogP contribution in [-0.2, 0) is 50.7 Å². The zero-order chi connectivity index (χ0) is 13.5. The van der Waals surface area contributed by atoms with E-state index in [1.165, 1.54) is 0 Å². The normalized spacial score (nSPS) is 10.2. The fourth-order valence-corrected chi connectivity index (χ4v) is 0. The molecule has 0 aliphatic rings. The first-order valence-corrected chi connectivity index (χ1v) is 6.00. The summed E-state index contributed by atoms with van der Waals surface area (Å²) in [7, 11) is -15.5. The molecule has 0 heterocycles. The summed E-state index contributed by atoms with van der Waals surface area (Å²) >= 11 is 0. The van der Waals surface area contributed by atoms with E-state index in [9.17, 15) is 0 Å². The summed E-state index contributed by atoms with van der Waals surface area (Å²) < 4.78 is 102. The summed E-state index contributed by atoms with van der Waals surface area (Å²) in [5, 5.41) is 0. The molecular weight excluding hydrogens is 366 g/mol. The zero-order valence-corrected chi connectivity index (χ0v) is 12.7. The van der Waals surface area contributed by atoms with E-state index in [-0.39, 0.29) is 26.9 Å². The zero-order valence-electron chi connectivity index (χ0n) is 7.33. The van der Waals surface area contributed by atoms with Gasteiger partial charge in [0.05, 0.1) is 0 Å². The van der Waals surface area contributed by atoms with Crippen molar-refractivity contribution in [2.75, 3.05) is 0 Å². The minimum absolute atomic E-state index is 0. The average molecular weight is 366 g/mol. The first-order chi connectivity index (χ1) is 6.00. The van der Waals surface area contributed by atoms with Gasteiger partial charge < -0.3 is 27.3 Å². The summed E-state index contributed by atoms with van der Waals surface area (Å²) in [6.45, 7) is 0. The van der Waals surface area contributed by atoms with Crippen LogP contribution in [0.4, 0.5) is 0 Å². The third-order valence-electron chi connectivity index (χ3n) is 0. The van der Waals surface area contributed by atoms with E-state index in [2.05, 4.69) is 0 Å². The minimum Gasteiger partial charge on any atom is -0.759 e. The molecule has 0 aliphatic heterocycles. The second kappa shape index (κ2) is 11.3. The van der Waals surface area contributed by atoms with Crippen LogP contribution in [0.15, 0.2) is 0 Å². The van der Waals surface area contributed by atoms with Crippen molar-refractivity contribution < 1.29 is 72.0 Å². The summed E-state index contributed by atoms with van der Waals surface area (Å²) in [5.74, 6) is 0. The molecule has 96 valence electrons. The number of hydrogen-bond donors (Lipinski definition) is 0. The van der Waals surface area contributed by atoms with Crippen molar-refractivity contribution in [1.29, 1.82) is 0 Å². The Morgan fingerprint density at radius 1 is 0.471 bits per heavy atom. The molecule has 0 saturated carbocycles. The van der Waals surface area contributed by atoms with E-state index in [0.29, 0.717) is 0 Å². The van der Waals surface area contributed by atoms with Gasteiger partial charge in [-0.1, -0.05) is 0 Å². The molecule has 0 aliphatic carbocycles. The largest absolute Gasteiger partial charge is 4.00 e. The van der Waals surface area contributed by atoms with Crippen molar-refractivity contribution in [2.24, 2.45) is 0 Å². The Bertz CT molecular complexity index is 343. The Morgan fingerprint density at radius 2 is 0.471 bits per heavy atom. The van der Waals surface area contributed by atoms with Crippen molar-refractivity contribution in [2.45, 2.75) is 0 Å². The van der Waals surface area contributed by atoms with Crippen molar-refractivity contribution in [3.63, 3.8) is 0 Å². The van der Waals surface area contributed by atoms with Gasteiger partial charge in [0, 0.05) is 31.2 Å². The molecule has 0 amide bonds. The average Bonchev–Trinajstić information content (AvgIpc) is 1.41. The van der Waals surface area contributed by atoms with Crippen molar-refractivity contribution in [3.05, 3.63) is 7.43 Å². The molecule has 0 radical (unpaired) electrons. The van der Waals surface area contributed by atoms with Gasteiger partial charge in [-0.3, -0.25) is 25.3 Å². The van der Waals surface area contributed by atoms with Crippen LogP contribution >= 0.6 is 0 Å². The molecule has 0 N–H and O–H groups in total. The maximum atomic E-state index is 8.52. The number of hydrogen-bond acceptors (Lipinski definition) is 12. The van der Waals surface area contributed by atoms with E-state index in [1.807, 2.05) is 0 Å². The van der Waals surface area contributed by atoms with Crippen LogP contribution in [0.3, 0.4) is 0 Å². The molecule has 0 unspecified atom stereocenters. The molecule has 0 atom stereocenters. The maximum Gasteiger partial charge on any atom is 4.00 e. The molecule has 17 heavy (non-hydrogen) atoms. The van der Waals surface area contributed by atoms with E-state index >= 15 is 0 Å². The molecule has 0 spiro atoms. The molecule has 0 rings (SSSR count). The van der Waals surface area contributed by atoms with Crippen LogP contribution in [0.1, 0.15) is 0 Å². The standard InChI is InChI=1S/C.3H2O4S.Zn/c;3*1-5(2,3)4;/h;3*(H2,1,2,3,4);/q+4;;;;+2/p-6. The van der Waals surface area contributed by atoms with Crippen LogP contribution in [0.5, 0.6) is 0 Å². The van der Waals surface area contributed by atoms with E-state index in [4.69, 9.17) is 52.6 Å². The summed E-state index contributed by atoms with van der Waals surface area (Å²) in [4.78, 5) is 0. The first-order valence-electron chi connectivity index (χ1n) is 2.00. The van der Waals surface area contributed by atoms with Crippen LogP contribution in [0, 0.1) is 7.43 Å². The quantitative estimate of drug-likeness (QED) is 0.227. The van der Waals surface area contributed by atoms with Crippen molar-refractivity contribution in [1.82, 2.24) is 0 Å². The van der Waals surface area contributed by atoms with Crippen LogP contribution in [0.2, 0.25) is 0 Å². The van der Waals surface area contributed by atoms with Gasteiger partial charge in [0.2, 0.25) is 0 Å². The van der Waals surface area contributed by atoms with Crippen molar-refractivity contribution in [3.8, 4) is 0 Å². The van der Waals surface area contributed by atoms with E-state index in [1.54, 1.807) is 0 Å². The molecule has 0 fully saturated rings. The Balaban J connectivity index is -0.0000000400. The van der Waals surface area contributed by atoms with Crippen LogP contribution in [0.25, 0.3) is 0 Å². The monoisotopic (exact) mass is 364 g/mol. The Morgan fingerprint density at radius 3 is 0.471 bits per heavy atom. The molecule has 16 heteroatoms. The van der Waals surface area contributed by atoms with Gasteiger partial charge in [0.1, 0.15) is 0 Å². The second-order valence-corrected chi connectivity index (χ2v) is 3.67. The van der Waals surface area contributed by atoms with Gasteiger partial charge >= 0.3 is 26.9 Å². The van der Waals surface area contributed by atoms with E-state index < -0.39 is 31.2 Å². The van der Waals surface area contributed by atoms with Gasteiger partial charge in [-0.25, -0.2) is 0 Å². The maximum absolute atomic E-state index is 8.52. The molecule has 0 saturated heterocycles. The first kappa shape index (κ1) is 30.3. The van der Waals surface area contributed by atoms with Gasteiger partial charge in [-0.05, 0) is 0 Å². The summed E-state index contributed by atoms with van der Waals surface area (Å²) in [6.07, 6.45) is 0. The second-order valence-electron chi connectivity index (χ2n) is 1.22. The van der Waals surface area contributed by atoms with Crippen molar-refractivity contribution >= 4 is 31.2 Å². The van der Waals surface area contributed by atoms with Gasteiger partial charge in [-0.15, -0.1) is 0 Å². The SMILES string of the molecule is O=S(=O)([O-])[O-].O=S(=O)([O-])[O-].O=S(=O)([O-])[O-].[C+4].[Zn+2]. The third-order valence-corrected chi connectivity index (χ3v) is 0. The Kier molecular flexibility index (Phi) is 20.2. The molecule has 12 nitrogen and oxygen atoms in total. The predicted molar refractivity (Wildman–Crippen MR) is 34.7 cm³/mol. The topological polar surface area (TPSA) is 241 Å². The van der Waals surface area contributed by atoms with Gasteiger partial charge in [0.15, 0.2) is 0 Å². The van der Waals surface area contributed by atoms with E-state index in [0.717, 1.165) is 0 Å². The summed E-state index contributed by atoms with van der Waals surface area (Å²) in [5.41, 5.74) is 0. The van der Waals surface area contributed by atoms with Crippen LogP contribution in [-0.4, -0.2) is 52.6 Å². The van der Waals surface area contributed by atoms with Gasteiger partial charge in [-0.2, -0.15) is 0 Å². The Labute approximate surface area is 111 Å². The number of rotatable bonds is 0. The predicted octanol–water partition coefficient (Wildman–Crippen LogP) is -3.94. The third kappa shape index (κ3) is 60400. The van der Waals surface area contributed by atoms with Gasteiger partial charge in [0.25, 0.3) is 0 Å². The molecular formula is CO12S3Zn. The fraction of sp³-hybridized carbons (Fsp3) is 0. The molecule has 0 aromatic rings. The summed E-state index contributed by atoms with van der Waals surface area (Å²) in [6, 6.07) is 0. The van der Waals surface area contributed by atoms with Crippen LogP contribution < -0.4 is 0 Å². The Hall–Kier alpha value is 0.233. The smallest absolute Gasteiger partial charge is 0.759 e.